The van der Waals surface area contributed by atoms with Crippen LogP contribution in [0, 0.1) is 6.92 Å². The number of thiazole rings is 1. The molecule has 27 heavy (non-hydrogen) atoms. The lowest BCUT2D eigenvalue weighted by atomic mass is 10.0. The number of carbonyl (C=O) groups excluding carboxylic acids is 2. The number of oxazole rings is 1. The van der Waals surface area contributed by atoms with Crippen LogP contribution in [0.1, 0.15) is 38.3 Å². The molecule has 0 saturated heterocycles. The topological polar surface area (TPSA) is 85.5 Å². The second-order valence-electron chi connectivity index (χ2n) is 5.83. The SMILES string of the molecule is CCN(Cc1nc(C)cs1)C(=O)c1cc(C(=O)OC)cc(-c2ncco2)c1. The second-order valence-corrected chi connectivity index (χ2v) is 6.77. The molecule has 0 radical (unpaired) electrons. The van der Waals surface area contributed by atoms with Crippen LogP contribution in [-0.2, 0) is 11.3 Å². The summed E-state index contributed by atoms with van der Waals surface area (Å²) in [6.45, 7) is 4.73. The number of benzene rings is 1. The van der Waals surface area contributed by atoms with Crippen molar-refractivity contribution >= 4 is 23.2 Å². The fourth-order valence-electron chi connectivity index (χ4n) is 2.62. The fraction of sp³-hybridized carbons (Fsp3) is 0.263. The molecule has 140 valence electrons. The zero-order valence-electron chi connectivity index (χ0n) is 15.3. The van der Waals surface area contributed by atoms with E-state index in [2.05, 4.69) is 9.97 Å². The van der Waals surface area contributed by atoms with E-state index in [1.807, 2.05) is 19.2 Å². The quantitative estimate of drug-likeness (QED) is 0.603. The fourth-order valence-corrected chi connectivity index (χ4v) is 3.41. The molecule has 0 N–H and O–H groups in total. The molecular formula is C19H19N3O4S. The summed E-state index contributed by atoms with van der Waals surface area (Å²) < 4.78 is 10.1. The van der Waals surface area contributed by atoms with Gasteiger partial charge in [-0.05, 0) is 32.0 Å². The van der Waals surface area contributed by atoms with Gasteiger partial charge >= 0.3 is 5.97 Å². The summed E-state index contributed by atoms with van der Waals surface area (Å²) in [5, 5.41) is 2.81. The number of carbonyl (C=O) groups is 2. The predicted octanol–water partition coefficient (Wildman–Crippen LogP) is 3.56. The van der Waals surface area contributed by atoms with Gasteiger partial charge in [0.05, 0.1) is 25.4 Å². The summed E-state index contributed by atoms with van der Waals surface area (Å²) in [7, 11) is 1.30. The van der Waals surface area contributed by atoms with Gasteiger partial charge in [0, 0.05) is 28.7 Å². The number of aryl methyl sites for hydroxylation is 1. The highest BCUT2D eigenvalue weighted by atomic mass is 32.1. The molecule has 0 bridgehead atoms. The monoisotopic (exact) mass is 385 g/mol. The molecule has 2 aromatic heterocycles. The Morgan fingerprint density at radius 2 is 2.04 bits per heavy atom. The Morgan fingerprint density at radius 1 is 1.26 bits per heavy atom. The molecule has 1 aromatic carbocycles. The van der Waals surface area contributed by atoms with Crippen molar-refractivity contribution in [3.05, 3.63) is 57.9 Å². The number of rotatable bonds is 6. The largest absolute Gasteiger partial charge is 0.465 e. The molecule has 0 spiro atoms. The molecule has 3 rings (SSSR count). The van der Waals surface area contributed by atoms with Gasteiger partial charge in [-0.1, -0.05) is 0 Å². The van der Waals surface area contributed by atoms with Crippen molar-refractivity contribution < 1.29 is 18.7 Å². The van der Waals surface area contributed by atoms with E-state index in [-0.39, 0.29) is 11.5 Å². The Bertz CT molecular complexity index is 950. The van der Waals surface area contributed by atoms with E-state index in [1.165, 1.54) is 37.0 Å². The van der Waals surface area contributed by atoms with Gasteiger partial charge in [-0.15, -0.1) is 11.3 Å². The maximum atomic E-state index is 13.1. The lowest BCUT2D eigenvalue weighted by Gasteiger charge is -2.20. The second kappa shape index (κ2) is 8.13. The Hall–Kier alpha value is -3.00. The van der Waals surface area contributed by atoms with Gasteiger partial charge in [0.1, 0.15) is 11.3 Å². The van der Waals surface area contributed by atoms with E-state index in [1.54, 1.807) is 17.0 Å². The van der Waals surface area contributed by atoms with Gasteiger partial charge < -0.3 is 14.1 Å². The van der Waals surface area contributed by atoms with Crippen LogP contribution in [0.5, 0.6) is 0 Å². The Balaban J connectivity index is 1.96. The van der Waals surface area contributed by atoms with Crippen LogP contribution in [0.2, 0.25) is 0 Å². The average Bonchev–Trinajstić information content (AvgIpc) is 3.36. The first kappa shape index (κ1) is 18.8. The standard InChI is InChI=1S/C19H19N3O4S/c1-4-22(10-16-21-12(2)11-27-16)18(23)14-7-13(17-20-5-6-26-17)8-15(9-14)19(24)25-3/h5-9,11H,4,10H2,1-3H3. The molecule has 2 heterocycles. The average molecular weight is 385 g/mol. The molecule has 0 aliphatic carbocycles. The minimum absolute atomic E-state index is 0.205. The maximum absolute atomic E-state index is 13.1. The highest BCUT2D eigenvalue weighted by Crippen LogP contribution is 2.23. The molecule has 0 aliphatic heterocycles. The molecule has 0 fully saturated rings. The van der Waals surface area contributed by atoms with Crippen molar-refractivity contribution in [1.29, 1.82) is 0 Å². The highest BCUT2D eigenvalue weighted by molar-refractivity contribution is 7.09. The van der Waals surface area contributed by atoms with Crippen molar-refractivity contribution in [3.8, 4) is 11.5 Å². The van der Waals surface area contributed by atoms with E-state index >= 15 is 0 Å². The number of amides is 1. The lowest BCUT2D eigenvalue weighted by molar-refractivity contribution is 0.0600. The van der Waals surface area contributed by atoms with Gasteiger partial charge in [-0.25, -0.2) is 14.8 Å². The van der Waals surface area contributed by atoms with Crippen LogP contribution in [0.3, 0.4) is 0 Å². The lowest BCUT2D eigenvalue weighted by Crippen LogP contribution is -2.30. The van der Waals surface area contributed by atoms with Crippen LogP contribution < -0.4 is 0 Å². The number of hydrogen-bond acceptors (Lipinski definition) is 7. The van der Waals surface area contributed by atoms with Crippen molar-refractivity contribution in [3.63, 3.8) is 0 Å². The minimum Gasteiger partial charge on any atom is -0.465 e. The molecule has 0 saturated carbocycles. The molecule has 0 atom stereocenters. The van der Waals surface area contributed by atoms with Crippen molar-refractivity contribution in [1.82, 2.24) is 14.9 Å². The number of nitrogens with zero attached hydrogens (tertiary/aromatic N) is 3. The molecule has 8 heteroatoms. The summed E-state index contributed by atoms with van der Waals surface area (Å²) in [6, 6.07) is 4.78. The van der Waals surface area contributed by atoms with Crippen LogP contribution in [0.4, 0.5) is 0 Å². The molecule has 0 unspecified atom stereocenters. The van der Waals surface area contributed by atoms with Gasteiger partial charge in [0.15, 0.2) is 0 Å². The normalized spacial score (nSPS) is 10.6. The Kier molecular flexibility index (Phi) is 5.66. The highest BCUT2D eigenvalue weighted by Gasteiger charge is 2.20. The van der Waals surface area contributed by atoms with Gasteiger partial charge in [-0.3, -0.25) is 4.79 Å². The first-order valence-corrected chi connectivity index (χ1v) is 9.23. The zero-order chi connectivity index (χ0) is 19.4. The van der Waals surface area contributed by atoms with Crippen molar-refractivity contribution in [2.24, 2.45) is 0 Å². The Morgan fingerprint density at radius 3 is 2.63 bits per heavy atom. The van der Waals surface area contributed by atoms with Gasteiger partial charge in [0.25, 0.3) is 5.91 Å². The van der Waals surface area contributed by atoms with Gasteiger partial charge in [-0.2, -0.15) is 0 Å². The number of esters is 1. The first-order valence-electron chi connectivity index (χ1n) is 8.35. The van der Waals surface area contributed by atoms with E-state index in [0.717, 1.165) is 10.7 Å². The van der Waals surface area contributed by atoms with Crippen molar-refractivity contribution in [2.45, 2.75) is 20.4 Å². The zero-order valence-corrected chi connectivity index (χ0v) is 16.1. The van der Waals surface area contributed by atoms with Crippen molar-refractivity contribution in [2.75, 3.05) is 13.7 Å². The summed E-state index contributed by atoms with van der Waals surface area (Å²) >= 11 is 1.51. The van der Waals surface area contributed by atoms with E-state index in [4.69, 9.17) is 9.15 Å². The third-order valence-electron chi connectivity index (χ3n) is 3.94. The van der Waals surface area contributed by atoms with E-state index in [9.17, 15) is 9.59 Å². The smallest absolute Gasteiger partial charge is 0.337 e. The number of methoxy groups -OCH3 is 1. The van der Waals surface area contributed by atoms with Gasteiger partial charge in [0.2, 0.25) is 5.89 Å². The molecular weight excluding hydrogens is 366 g/mol. The summed E-state index contributed by atoms with van der Waals surface area (Å²) in [5.41, 5.74) is 2.09. The maximum Gasteiger partial charge on any atom is 0.337 e. The number of aromatic nitrogens is 2. The summed E-state index contributed by atoms with van der Waals surface area (Å²) in [6.07, 6.45) is 2.94. The molecule has 3 aromatic rings. The molecule has 1 amide bonds. The minimum atomic E-state index is -0.531. The van der Waals surface area contributed by atoms with Crippen LogP contribution >= 0.6 is 11.3 Å². The summed E-state index contributed by atoms with van der Waals surface area (Å²) in [5.74, 6) is -0.409. The van der Waals surface area contributed by atoms with Crippen LogP contribution in [0.25, 0.3) is 11.5 Å². The molecule has 7 nitrogen and oxygen atoms in total. The first-order chi connectivity index (χ1) is 13.0. The predicted molar refractivity (Wildman–Crippen MR) is 101 cm³/mol. The summed E-state index contributed by atoms with van der Waals surface area (Å²) in [4.78, 5) is 35.3. The Labute approximate surface area is 160 Å². The van der Waals surface area contributed by atoms with Crippen LogP contribution in [0.15, 0.2) is 40.5 Å². The van der Waals surface area contributed by atoms with E-state index < -0.39 is 5.97 Å². The molecule has 0 aliphatic rings. The third kappa shape index (κ3) is 4.22. The van der Waals surface area contributed by atoms with Crippen LogP contribution in [-0.4, -0.2) is 40.4 Å². The third-order valence-corrected chi connectivity index (χ3v) is 4.89. The number of ether oxygens (including phenoxy) is 1. The number of hydrogen-bond donors (Lipinski definition) is 0. The van der Waals surface area contributed by atoms with E-state index in [0.29, 0.717) is 30.1 Å².